The molecule has 1 unspecified atom stereocenters. The van der Waals surface area contributed by atoms with Crippen molar-refractivity contribution in [3.05, 3.63) is 48.0 Å². The van der Waals surface area contributed by atoms with Crippen molar-refractivity contribution < 1.29 is 4.79 Å². The van der Waals surface area contributed by atoms with Crippen molar-refractivity contribution in [3.63, 3.8) is 0 Å². The Labute approximate surface area is 128 Å². The number of carbonyl (C=O) groups excluding carboxylic acids is 1. The molecule has 112 valence electrons. The van der Waals surface area contributed by atoms with Gasteiger partial charge in [-0.25, -0.2) is 4.98 Å². The number of carbonyl (C=O) groups is 1. The van der Waals surface area contributed by atoms with Gasteiger partial charge in [-0.3, -0.25) is 4.79 Å². The van der Waals surface area contributed by atoms with E-state index < -0.39 is 0 Å². The summed E-state index contributed by atoms with van der Waals surface area (Å²) in [7, 11) is 0. The molecule has 2 rings (SSSR count). The molecular formula is C15H20N4OS. The number of nitrogens with one attached hydrogen (secondary N) is 1. The van der Waals surface area contributed by atoms with Gasteiger partial charge in [0.05, 0.1) is 12.4 Å². The van der Waals surface area contributed by atoms with Crippen LogP contribution in [0.2, 0.25) is 0 Å². The van der Waals surface area contributed by atoms with E-state index in [2.05, 4.69) is 22.4 Å². The van der Waals surface area contributed by atoms with Crippen LogP contribution in [-0.4, -0.2) is 28.3 Å². The fourth-order valence-electron chi connectivity index (χ4n) is 2.00. The predicted octanol–water partition coefficient (Wildman–Crippen LogP) is 2.05. The van der Waals surface area contributed by atoms with Gasteiger partial charge in [0.25, 0.3) is 5.91 Å². The third-order valence-electron chi connectivity index (χ3n) is 3.22. The molecule has 0 fully saturated rings. The largest absolute Gasteiger partial charge is 0.344 e. The summed E-state index contributed by atoms with van der Waals surface area (Å²) in [4.78, 5) is 17.5. The van der Waals surface area contributed by atoms with Gasteiger partial charge in [-0.05, 0) is 30.9 Å². The topological polar surface area (TPSA) is 72.9 Å². The van der Waals surface area contributed by atoms with Crippen LogP contribution in [0.15, 0.2) is 41.7 Å². The maximum atomic E-state index is 12.1. The van der Waals surface area contributed by atoms with Gasteiger partial charge in [0.1, 0.15) is 5.69 Å². The van der Waals surface area contributed by atoms with Crippen molar-refractivity contribution in [1.29, 1.82) is 0 Å². The maximum absolute atomic E-state index is 12.1. The minimum Gasteiger partial charge on any atom is -0.344 e. The van der Waals surface area contributed by atoms with Crippen LogP contribution in [0.5, 0.6) is 0 Å². The first kappa shape index (κ1) is 15.6. The lowest BCUT2D eigenvalue weighted by Gasteiger charge is -2.13. The average molecular weight is 304 g/mol. The maximum Gasteiger partial charge on any atom is 0.271 e. The Morgan fingerprint density at radius 3 is 2.76 bits per heavy atom. The van der Waals surface area contributed by atoms with Gasteiger partial charge in [0, 0.05) is 24.2 Å². The summed E-state index contributed by atoms with van der Waals surface area (Å²) < 4.78 is 1.81. The Bertz CT molecular complexity index is 594. The Balaban J connectivity index is 1.99. The van der Waals surface area contributed by atoms with E-state index in [1.165, 1.54) is 4.90 Å². The highest BCUT2D eigenvalue weighted by Crippen LogP contribution is 2.19. The highest BCUT2D eigenvalue weighted by atomic mass is 32.2. The molecule has 2 aromatic rings. The second-order valence-corrected chi connectivity index (χ2v) is 5.63. The molecule has 5 nitrogen and oxygen atoms in total. The van der Waals surface area contributed by atoms with Crippen molar-refractivity contribution in [1.82, 2.24) is 14.9 Å². The fraction of sp³-hybridized carbons (Fsp3) is 0.333. The van der Waals surface area contributed by atoms with E-state index in [9.17, 15) is 4.79 Å². The van der Waals surface area contributed by atoms with Crippen LogP contribution in [0, 0.1) is 0 Å². The van der Waals surface area contributed by atoms with Crippen LogP contribution in [0.1, 0.15) is 29.0 Å². The SMILES string of the molecule is CSc1ccc(C(C)NC(=O)c2cn(CCN)cn2)cc1. The number of hydrogen-bond acceptors (Lipinski definition) is 4. The van der Waals surface area contributed by atoms with Gasteiger partial charge in [-0.2, -0.15) is 0 Å². The molecule has 0 bridgehead atoms. The van der Waals surface area contributed by atoms with Gasteiger partial charge < -0.3 is 15.6 Å². The lowest BCUT2D eigenvalue weighted by molar-refractivity contribution is 0.0935. The van der Waals surface area contributed by atoms with Crippen molar-refractivity contribution in [2.24, 2.45) is 5.73 Å². The van der Waals surface area contributed by atoms with E-state index in [-0.39, 0.29) is 11.9 Å². The molecule has 0 aliphatic heterocycles. The second kappa shape index (κ2) is 7.28. The standard InChI is InChI=1S/C15H20N4OS/c1-11(12-3-5-13(21-2)6-4-12)18-15(20)14-9-19(8-7-16)10-17-14/h3-6,9-11H,7-8,16H2,1-2H3,(H,18,20). The molecule has 0 saturated heterocycles. The summed E-state index contributed by atoms with van der Waals surface area (Å²) >= 11 is 1.70. The zero-order chi connectivity index (χ0) is 15.2. The van der Waals surface area contributed by atoms with E-state index in [1.54, 1.807) is 24.3 Å². The zero-order valence-electron chi connectivity index (χ0n) is 12.2. The van der Waals surface area contributed by atoms with Gasteiger partial charge in [-0.1, -0.05) is 12.1 Å². The van der Waals surface area contributed by atoms with E-state index in [0.29, 0.717) is 18.8 Å². The molecule has 1 heterocycles. The summed E-state index contributed by atoms with van der Waals surface area (Å²) in [6.45, 7) is 3.14. The summed E-state index contributed by atoms with van der Waals surface area (Å²) in [5.74, 6) is -0.174. The smallest absolute Gasteiger partial charge is 0.271 e. The molecule has 0 radical (unpaired) electrons. The van der Waals surface area contributed by atoms with Crippen LogP contribution in [0.3, 0.4) is 0 Å². The van der Waals surface area contributed by atoms with E-state index >= 15 is 0 Å². The molecule has 6 heteroatoms. The fourth-order valence-corrected chi connectivity index (χ4v) is 2.40. The average Bonchev–Trinajstić information content (AvgIpc) is 2.96. The Hall–Kier alpha value is -1.79. The molecule has 3 N–H and O–H groups in total. The molecule has 21 heavy (non-hydrogen) atoms. The van der Waals surface area contributed by atoms with Gasteiger partial charge >= 0.3 is 0 Å². The third-order valence-corrected chi connectivity index (χ3v) is 3.96. The van der Waals surface area contributed by atoms with Crippen LogP contribution in [-0.2, 0) is 6.54 Å². The minimum absolute atomic E-state index is 0.0620. The molecule has 0 aliphatic carbocycles. The summed E-state index contributed by atoms with van der Waals surface area (Å²) in [5.41, 5.74) is 6.96. The first-order valence-electron chi connectivity index (χ1n) is 6.80. The van der Waals surface area contributed by atoms with Crippen molar-refractivity contribution >= 4 is 17.7 Å². The number of thioether (sulfide) groups is 1. The highest BCUT2D eigenvalue weighted by Gasteiger charge is 2.13. The molecule has 1 aromatic carbocycles. The molecule has 0 aliphatic rings. The van der Waals surface area contributed by atoms with Crippen LogP contribution < -0.4 is 11.1 Å². The lowest BCUT2D eigenvalue weighted by atomic mass is 10.1. The Morgan fingerprint density at radius 2 is 2.14 bits per heavy atom. The van der Waals surface area contributed by atoms with Gasteiger partial charge in [-0.15, -0.1) is 11.8 Å². The van der Waals surface area contributed by atoms with E-state index in [1.807, 2.05) is 29.9 Å². The Morgan fingerprint density at radius 1 is 1.43 bits per heavy atom. The van der Waals surface area contributed by atoms with E-state index in [0.717, 1.165) is 5.56 Å². The first-order valence-corrected chi connectivity index (χ1v) is 8.03. The number of benzene rings is 1. The lowest BCUT2D eigenvalue weighted by Crippen LogP contribution is -2.26. The first-order chi connectivity index (χ1) is 10.1. The molecule has 1 atom stereocenters. The molecule has 1 aromatic heterocycles. The van der Waals surface area contributed by atoms with Crippen molar-refractivity contribution in [2.45, 2.75) is 24.4 Å². The number of aromatic nitrogens is 2. The zero-order valence-corrected chi connectivity index (χ0v) is 13.1. The van der Waals surface area contributed by atoms with Crippen LogP contribution in [0.4, 0.5) is 0 Å². The third kappa shape index (κ3) is 4.09. The number of hydrogen-bond donors (Lipinski definition) is 2. The minimum atomic E-state index is -0.174. The number of amides is 1. The van der Waals surface area contributed by atoms with Gasteiger partial charge in [0.2, 0.25) is 0 Å². The summed E-state index contributed by atoms with van der Waals surface area (Å²) in [5, 5.41) is 2.95. The molecule has 0 saturated carbocycles. The Kier molecular flexibility index (Phi) is 5.41. The normalized spacial score (nSPS) is 12.1. The molecular weight excluding hydrogens is 284 g/mol. The monoisotopic (exact) mass is 304 g/mol. The molecule has 0 spiro atoms. The van der Waals surface area contributed by atoms with Crippen molar-refractivity contribution in [2.75, 3.05) is 12.8 Å². The number of imidazole rings is 1. The second-order valence-electron chi connectivity index (χ2n) is 4.75. The summed E-state index contributed by atoms with van der Waals surface area (Å²) in [6, 6.07) is 8.11. The predicted molar refractivity (Wildman–Crippen MR) is 85.4 cm³/mol. The highest BCUT2D eigenvalue weighted by molar-refractivity contribution is 7.98. The number of nitrogens with two attached hydrogens (primary N) is 1. The number of rotatable bonds is 6. The van der Waals surface area contributed by atoms with Gasteiger partial charge in [0.15, 0.2) is 0 Å². The van der Waals surface area contributed by atoms with Crippen molar-refractivity contribution in [3.8, 4) is 0 Å². The quantitative estimate of drug-likeness (QED) is 0.801. The van der Waals surface area contributed by atoms with Crippen LogP contribution >= 0.6 is 11.8 Å². The van der Waals surface area contributed by atoms with E-state index in [4.69, 9.17) is 5.73 Å². The number of nitrogens with zero attached hydrogens (tertiary/aromatic N) is 2. The summed E-state index contributed by atoms with van der Waals surface area (Å²) in [6.07, 6.45) is 5.38. The molecule has 1 amide bonds. The van der Waals surface area contributed by atoms with Crippen LogP contribution in [0.25, 0.3) is 0 Å².